The van der Waals surface area contributed by atoms with Crippen molar-refractivity contribution in [2.24, 2.45) is 0 Å². The monoisotopic (exact) mass is 413 g/mol. The van der Waals surface area contributed by atoms with E-state index in [0.717, 1.165) is 22.2 Å². The lowest BCUT2D eigenvalue weighted by Gasteiger charge is -2.11. The molecule has 0 atom stereocenters. The number of ether oxygens (including phenoxy) is 1. The fraction of sp³-hybridized carbons (Fsp3) is 0.130. The zero-order chi connectivity index (χ0) is 21.0. The molecule has 0 saturated heterocycles. The molecular formula is C23H19N5O3. The summed E-state index contributed by atoms with van der Waals surface area (Å²) in [7, 11) is 0. The van der Waals surface area contributed by atoms with Crippen LogP contribution >= 0.6 is 0 Å². The van der Waals surface area contributed by atoms with Gasteiger partial charge in [0.15, 0.2) is 6.61 Å². The Labute approximate surface area is 177 Å². The normalized spacial score (nSPS) is 11.1. The molecular weight excluding hydrogens is 394 g/mol. The number of hydrogen-bond acceptors (Lipinski definition) is 7. The van der Waals surface area contributed by atoms with Crippen LogP contribution in [-0.4, -0.2) is 36.9 Å². The first kappa shape index (κ1) is 19.0. The third-order valence-corrected chi connectivity index (χ3v) is 4.76. The Balaban J connectivity index is 1.43. The molecule has 0 radical (unpaired) electrons. The largest absolute Gasteiger partial charge is 0.481 e. The molecule has 5 aromatic rings. The standard InChI is InChI=1S/C23H19N5O3/c29-13-12-16-10-11-21(20(14-16)28-26-18-8-4-5-9-19(18)27-28)30-15-22-24-25-23(31-22)17-6-2-1-3-7-17/h1-11,14,29H,12-13,15H2. The van der Waals surface area contributed by atoms with Crippen LogP contribution in [0.5, 0.6) is 5.75 Å². The van der Waals surface area contributed by atoms with Crippen LogP contribution < -0.4 is 4.74 Å². The Morgan fingerprint density at radius 1 is 0.871 bits per heavy atom. The maximum Gasteiger partial charge on any atom is 0.254 e. The summed E-state index contributed by atoms with van der Waals surface area (Å²) >= 11 is 0. The summed E-state index contributed by atoms with van der Waals surface area (Å²) in [5, 5.41) is 26.6. The second-order valence-corrected chi connectivity index (χ2v) is 6.91. The molecule has 1 N–H and O–H groups in total. The molecule has 0 spiro atoms. The highest BCUT2D eigenvalue weighted by molar-refractivity contribution is 5.73. The van der Waals surface area contributed by atoms with Gasteiger partial charge in [0.2, 0.25) is 5.89 Å². The molecule has 8 nitrogen and oxygen atoms in total. The zero-order valence-corrected chi connectivity index (χ0v) is 16.5. The van der Waals surface area contributed by atoms with Crippen molar-refractivity contribution in [1.82, 2.24) is 25.2 Å². The predicted molar refractivity (Wildman–Crippen MR) is 114 cm³/mol. The maximum atomic E-state index is 9.32. The van der Waals surface area contributed by atoms with Crippen molar-refractivity contribution in [2.75, 3.05) is 6.61 Å². The topological polar surface area (TPSA) is 99.1 Å². The number of nitrogens with zero attached hydrogens (tertiary/aromatic N) is 5. The minimum Gasteiger partial charge on any atom is -0.481 e. The molecule has 5 rings (SSSR count). The van der Waals surface area contributed by atoms with Gasteiger partial charge in [0.05, 0.1) is 0 Å². The van der Waals surface area contributed by atoms with E-state index in [1.807, 2.05) is 72.8 Å². The minimum absolute atomic E-state index is 0.0540. The average molecular weight is 413 g/mol. The molecule has 2 aromatic heterocycles. The van der Waals surface area contributed by atoms with Crippen molar-refractivity contribution in [1.29, 1.82) is 0 Å². The van der Waals surface area contributed by atoms with Crippen LogP contribution in [0.4, 0.5) is 0 Å². The Bertz CT molecular complexity index is 1280. The molecule has 8 heteroatoms. The number of fused-ring (bicyclic) bond motifs is 1. The lowest BCUT2D eigenvalue weighted by Crippen LogP contribution is -2.05. The quantitative estimate of drug-likeness (QED) is 0.435. The van der Waals surface area contributed by atoms with Gasteiger partial charge < -0.3 is 14.3 Å². The lowest BCUT2D eigenvalue weighted by molar-refractivity contribution is 0.263. The minimum atomic E-state index is 0.0540. The Morgan fingerprint density at radius 2 is 1.61 bits per heavy atom. The Morgan fingerprint density at radius 3 is 2.35 bits per heavy atom. The number of benzene rings is 3. The summed E-state index contributed by atoms with van der Waals surface area (Å²) in [6, 6.07) is 22.9. The van der Waals surface area contributed by atoms with Crippen LogP contribution in [0, 0.1) is 0 Å². The summed E-state index contributed by atoms with van der Waals surface area (Å²) in [5.41, 5.74) is 4.04. The van der Waals surface area contributed by atoms with Crippen molar-refractivity contribution < 1.29 is 14.3 Å². The summed E-state index contributed by atoms with van der Waals surface area (Å²) in [6.45, 7) is 0.158. The van der Waals surface area contributed by atoms with Crippen LogP contribution in [0.1, 0.15) is 11.5 Å². The lowest BCUT2D eigenvalue weighted by atomic mass is 10.1. The van der Waals surface area contributed by atoms with Gasteiger partial charge in [-0.15, -0.1) is 25.2 Å². The van der Waals surface area contributed by atoms with E-state index in [9.17, 15) is 5.11 Å². The van der Waals surface area contributed by atoms with Crippen molar-refractivity contribution in [3.05, 3.63) is 84.3 Å². The van der Waals surface area contributed by atoms with Gasteiger partial charge in [-0.1, -0.05) is 36.4 Å². The van der Waals surface area contributed by atoms with E-state index in [0.29, 0.717) is 29.6 Å². The van der Waals surface area contributed by atoms with Crippen molar-refractivity contribution in [3.63, 3.8) is 0 Å². The third kappa shape index (κ3) is 4.01. The van der Waals surface area contributed by atoms with Crippen LogP contribution in [0.15, 0.2) is 77.2 Å². The molecule has 2 heterocycles. The van der Waals surface area contributed by atoms with Crippen molar-refractivity contribution >= 4 is 11.0 Å². The fourth-order valence-electron chi connectivity index (χ4n) is 3.24. The van der Waals surface area contributed by atoms with Crippen molar-refractivity contribution in [2.45, 2.75) is 13.0 Å². The molecule has 0 saturated carbocycles. The van der Waals surface area contributed by atoms with Gasteiger partial charge in [-0.2, -0.15) is 0 Å². The van der Waals surface area contributed by atoms with E-state index in [4.69, 9.17) is 9.15 Å². The first-order valence-electron chi connectivity index (χ1n) is 9.87. The van der Waals surface area contributed by atoms with E-state index in [2.05, 4.69) is 20.4 Å². The molecule has 0 fully saturated rings. The van der Waals surface area contributed by atoms with E-state index in [-0.39, 0.29) is 13.2 Å². The number of hydrogen-bond donors (Lipinski definition) is 1. The summed E-state index contributed by atoms with van der Waals surface area (Å²) in [6.07, 6.45) is 0.526. The molecule has 0 aliphatic carbocycles. The predicted octanol–water partition coefficient (Wildman–Crippen LogP) is 3.58. The van der Waals surface area contributed by atoms with Gasteiger partial charge in [0, 0.05) is 12.2 Å². The maximum absolute atomic E-state index is 9.32. The number of aliphatic hydroxyl groups is 1. The summed E-state index contributed by atoms with van der Waals surface area (Å²) in [5.74, 6) is 1.38. The first-order chi connectivity index (χ1) is 15.3. The first-order valence-corrected chi connectivity index (χ1v) is 9.87. The van der Waals surface area contributed by atoms with E-state index in [1.54, 1.807) is 4.80 Å². The smallest absolute Gasteiger partial charge is 0.254 e. The molecule has 0 aliphatic rings. The molecule has 0 amide bonds. The van der Waals surface area contributed by atoms with E-state index >= 15 is 0 Å². The van der Waals surface area contributed by atoms with Gasteiger partial charge >= 0.3 is 0 Å². The highest BCUT2D eigenvalue weighted by atomic mass is 16.5. The van der Waals surface area contributed by atoms with Gasteiger partial charge in [-0.3, -0.25) is 0 Å². The van der Waals surface area contributed by atoms with Crippen LogP contribution in [0.2, 0.25) is 0 Å². The van der Waals surface area contributed by atoms with E-state index < -0.39 is 0 Å². The van der Waals surface area contributed by atoms with Gasteiger partial charge in [0.25, 0.3) is 5.89 Å². The molecule has 0 aliphatic heterocycles. The summed E-state index contributed by atoms with van der Waals surface area (Å²) in [4.78, 5) is 1.55. The molecule has 154 valence electrons. The number of rotatable bonds is 7. The summed E-state index contributed by atoms with van der Waals surface area (Å²) < 4.78 is 11.7. The van der Waals surface area contributed by atoms with Crippen LogP contribution in [0.25, 0.3) is 28.2 Å². The molecule has 31 heavy (non-hydrogen) atoms. The third-order valence-electron chi connectivity index (χ3n) is 4.76. The number of aliphatic hydroxyl groups excluding tert-OH is 1. The van der Waals surface area contributed by atoms with Crippen LogP contribution in [-0.2, 0) is 13.0 Å². The zero-order valence-electron chi connectivity index (χ0n) is 16.5. The van der Waals surface area contributed by atoms with Gasteiger partial charge in [-0.25, -0.2) is 0 Å². The average Bonchev–Trinajstić information content (AvgIpc) is 3.46. The molecule has 0 unspecified atom stereocenters. The number of aromatic nitrogens is 5. The van der Waals surface area contributed by atoms with Gasteiger partial charge in [-0.05, 0) is 48.4 Å². The SMILES string of the molecule is OCCc1ccc(OCc2nnc(-c3ccccc3)o2)c(-n2nc3ccccc3n2)c1. The highest BCUT2D eigenvalue weighted by Crippen LogP contribution is 2.26. The molecule has 3 aromatic carbocycles. The fourth-order valence-corrected chi connectivity index (χ4v) is 3.24. The molecule has 0 bridgehead atoms. The van der Waals surface area contributed by atoms with Crippen LogP contribution in [0.3, 0.4) is 0 Å². The Kier molecular flexibility index (Phi) is 5.12. The van der Waals surface area contributed by atoms with Crippen molar-refractivity contribution in [3.8, 4) is 22.9 Å². The Hall–Kier alpha value is -4.04. The second kappa shape index (κ2) is 8.37. The highest BCUT2D eigenvalue weighted by Gasteiger charge is 2.14. The van der Waals surface area contributed by atoms with E-state index in [1.165, 1.54) is 0 Å². The van der Waals surface area contributed by atoms with Gasteiger partial charge in [0.1, 0.15) is 22.5 Å². The second-order valence-electron chi connectivity index (χ2n) is 6.91.